The monoisotopic (exact) mass is 282 g/mol. The van der Waals surface area contributed by atoms with E-state index in [4.69, 9.17) is 5.73 Å². The van der Waals surface area contributed by atoms with Gasteiger partial charge in [-0.1, -0.05) is 13.8 Å². The molecule has 2 aliphatic rings. The van der Waals surface area contributed by atoms with Crippen LogP contribution in [0, 0.1) is 0 Å². The Hall–Kier alpha value is -0.160. The molecule has 0 aromatic rings. The Kier molecular flexibility index (Phi) is 6.27. The van der Waals surface area contributed by atoms with Crippen LogP contribution in [0.25, 0.3) is 0 Å². The number of nitrogens with two attached hydrogens (primary N) is 1. The van der Waals surface area contributed by atoms with Gasteiger partial charge in [-0.3, -0.25) is 4.90 Å². The normalized spacial score (nSPS) is 31.4. The number of rotatable bonds is 5. The van der Waals surface area contributed by atoms with Crippen LogP contribution in [0.2, 0.25) is 0 Å². The van der Waals surface area contributed by atoms with Crippen molar-refractivity contribution in [1.29, 1.82) is 0 Å². The van der Waals surface area contributed by atoms with Crippen LogP contribution in [0.4, 0.5) is 0 Å². The van der Waals surface area contributed by atoms with E-state index in [1.807, 2.05) is 0 Å². The van der Waals surface area contributed by atoms with E-state index >= 15 is 0 Å². The summed E-state index contributed by atoms with van der Waals surface area (Å²) in [5.74, 6) is 0. The lowest BCUT2D eigenvalue weighted by molar-refractivity contribution is 0.0281. The average molecular weight is 282 g/mol. The van der Waals surface area contributed by atoms with Crippen LogP contribution >= 0.6 is 0 Å². The maximum atomic E-state index is 6.25. The van der Waals surface area contributed by atoms with E-state index in [-0.39, 0.29) is 5.54 Å². The molecule has 1 atom stereocenters. The molecular formula is C16H34N4. The second-order valence-electron chi connectivity index (χ2n) is 6.54. The molecule has 4 heteroatoms. The molecule has 0 aliphatic carbocycles. The fraction of sp³-hybridized carbons (Fsp3) is 1.00. The first kappa shape index (κ1) is 16.2. The summed E-state index contributed by atoms with van der Waals surface area (Å²) in [5, 5.41) is 0. The van der Waals surface area contributed by atoms with Crippen LogP contribution in [0.1, 0.15) is 39.5 Å². The van der Waals surface area contributed by atoms with Crippen LogP contribution in [0.3, 0.4) is 0 Å². The summed E-state index contributed by atoms with van der Waals surface area (Å²) in [7, 11) is 0. The van der Waals surface area contributed by atoms with E-state index in [2.05, 4.69) is 28.5 Å². The lowest BCUT2D eigenvalue weighted by atomic mass is 9.87. The van der Waals surface area contributed by atoms with Crippen LogP contribution in [0.15, 0.2) is 0 Å². The van der Waals surface area contributed by atoms with Gasteiger partial charge in [0.1, 0.15) is 0 Å². The molecule has 0 bridgehead atoms. The summed E-state index contributed by atoms with van der Waals surface area (Å²) >= 11 is 0. The van der Waals surface area contributed by atoms with Crippen molar-refractivity contribution in [3.8, 4) is 0 Å². The summed E-state index contributed by atoms with van der Waals surface area (Å²) in [6.45, 7) is 15.2. The van der Waals surface area contributed by atoms with E-state index in [0.717, 1.165) is 6.54 Å². The molecule has 2 aliphatic heterocycles. The molecular weight excluding hydrogens is 248 g/mol. The van der Waals surface area contributed by atoms with E-state index in [1.54, 1.807) is 0 Å². The van der Waals surface area contributed by atoms with Crippen molar-refractivity contribution in [3.63, 3.8) is 0 Å². The molecule has 4 nitrogen and oxygen atoms in total. The Bertz CT molecular complexity index is 276. The van der Waals surface area contributed by atoms with E-state index in [1.165, 1.54) is 78.0 Å². The van der Waals surface area contributed by atoms with Crippen molar-refractivity contribution in [3.05, 3.63) is 0 Å². The molecule has 118 valence electrons. The van der Waals surface area contributed by atoms with Gasteiger partial charge in [0, 0.05) is 38.3 Å². The Morgan fingerprint density at radius 3 is 2.25 bits per heavy atom. The van der Waals surface area contributed by atoms with Gasteiger partial charge in [0.15, 0.2) is 0 Å². The molecule has 2 heterocycles. The van der Waals surface area contributed by atoms with Gasteiger partial charge >= 0.3 is 0 Å². The molecule has 2 rings (SSSR count). The molecule has 1 unspecified atom stereocenters. The quantitative estimate of drug-likeness (QED) is 0.822. The fourth-order valence-corrected chi connectivity index (χ4v) is 3.96. The zero-order valence-electron chi connectivity index (χ0n) is 13.6. The van der Waals surface area contributed by atoms with Gasteiger partial charge < -0.3 is 15.5 Å². The maximum absolute atomic E-state index is 6.25. The van der Waals surface area contributed by atoms with Crippen LogP contribution in [0.5, 0.6) is 0 Å². The summed E-state index contributed by atoms with van der Waals surface area (Å²) in [6, 6.07) is 0. The first-order chi connectivity index (χ1) is 9.74. The standard InChI is InChI=1S/C16H34N4/c1-3-8-19-9-5-6-16(15-17,7-10-19)20-13-11-18(4-2)12-14-20/h3-15,17H2,1-2H3. The van der Waals surface area contributed by atoms with Crippen molar-refractivity contribution in [2.45, 2.75) is 45.1 Å². The second-order valence-corrected chi connectivity index (χ2v) is 6.54. The summed E-state index contributed by atoms with van der Waals surface area (Å²) in [5.41, 5.74) is 6.53. The van der Waals surface area contributed by atoms with Gasteiger partial charge in [0.05, 0.1) is 0 Å². The Labute approximate surface area is 125 Å². The van der Waals surface area contributed by atoms with Crippen molar-refractivity contribution in [2.75, 3.05) is 58.9 Å². The predicted molar refractivity (Wildman–Crippen MR) is 86.1 cm³/mol. The number of likely N-dealkylation sites (tertiary alicyclic amines) is 1. The molecule has 0 aromatic carbocycles. The smallest absolute Gasteiger partial charge is 0.0345 e. The second kappa shape index (κ2) is 7.74. The number of nitrogens with zero attached hydrogens (tertiary/aromatic N) is 3. The zero-order valence-corrected chi connectivity index (χ0v) is 13.6. The highest BCUT2D eigenvalue weighted by Gasteiger charge is 2.38. The van der Waals surface area contributed by atoms with Gasteiger partial charge in [-0.25, -0.2) is 0 Å². The Morgan fingerprint density at radius 1 is 0.900 bits per heavy atom. The van der Waals surface area contributed by atoms with Crippen molar-refractivity contribution < 1.29 is 0 Å². The summed E-state index contributed by atoms with van der Waals surface area (Å²) in [6.07, 6.45) is 5.13. The van der Waals surface area contributed by atoms with E-state index < -0.39 is 0 Å². The predicted octanol–water partition coefficient (Wildman–Crippen LogP) is 1.22. The topological polar surface area (TPSA) is 35.7 Å². The molecule has 0 saturated carbocycles. The largest absolute Gasteiger partial charge is 0.329 e. The Morgan fingerprint density at radius 2 is 1.65 bits per heavy atom. The van der Waals surface area contributed by atoms with Gasteiger partial charge in [-0.05, 0) is 51.9 Å². The SMILES string of the molecule is CCCN1CCCC(CN)(N2CCN(CC)CC2)CC1. The van der Waals surface area contributed by atoms with Gasteiger partial charge in [-0.15, -0.1) is 0 Å². The third-order valence-electron chi connectivity index (χ3n) is 5.42. The lowest BCUT2D eigenvalue weighted by Gasteiger charge is -2.47. The Balaban J connectivity index is 1.95. The minimum absolute atomic E-state index is 0.280. The number of hydrogen-bond donors (Lipinski definition) is 1. The molecule has 20 heavy (non-hydrogen) atoms. The molecule has 0 aromatic heterocycles. The number of hydrogen-bond acceptors (Lipinski definition) is 4. The minimum Gasteiger partial charge on any atom is -0.329 e. The van der Waals surface area contributed by atoms with Crippen LogP contribution in [-0.2, 0) is 0 Å². The van der Waals surface area contributed by atoms with Crippen molar-refractivity contribution >= 4 is 0 Å². The fourth-order valence-electron chi connectivity index (χ4n) is 3.96. The molecule has 2 saturated heterocycles. The number of piperazine rings is 1. The van der Waals surface area contributed by atoms with Gasteiger partial charge in [0.2, 0.25) is 0 Å². The van der Waals surface area contributed by atoms with Crippen LogP contribution in [-0.4, -0.2) is 79.1 Å². The molecule has 0 spiro atoms. The third kappa shape index (κ3) is 3.73. The average Bonchev–Trinajstić information content (AvgIpc) is 2.71. The lowest BCUT2D eigenvalue weighted by Crippen LogP contribution is -2.60. The third-order valence-corrected chi connectivity index (χ3v) is 5.42. The van der Waals surface area contributed by atoms with E-state index in [0.29, 0.717) is 0 Å². The molecule has 0 amide bonds. The first-order valence-electron chi connectivity index (χ1n) is 8.64. The molecule has 2 fully saturated rings. The van der Waals surface area contributed by atoms with Crippen molar-refractivity contribution in [1.82, 2.24) is 14.7 Å². The number of likely N-dealkylation sites (N-methyl/N-ethyl adjacent to an activating group) is 1. The van der Waals surface area contributed by atoms with Gasteiger partial charge in [-0.2, -0.15) is 0 Å². The highest BCUT2D eigenvalue weighted by atomic mass is 15.3. The highest BCUT2D eigenvalue weighted by molar-refractivity contribution is 4.96. The van der Waals surface area contributed by atoms with Crippen LogP contribution < -0.4 is 5.73 Å². The van der Waals surface area contributed by atoms with E-state index in [9.17, 15) is 0 Å². The highest BCUT2D eigenvalue weighted by Crippen LogP contribution is 2.29. The van der Waals surface area contributed by atoms with Crippen molar-refractivity contribution in [2.24, 2.45) is 5.73 Å². The summed E-state index contributed by atoms with van der Waals surface area (Å²) < 4.78 is 0. The minimum atomic E-state index is 0.280. The summed E-state index contributed by atoms with van der Waals surface area (Å²) in [4.78, 5) is 7.91. The zero-order chi connectivity index (χ0) is 14.4. The maximum Gasteiger partial charge on any atom is 0.0345 e. The molecule has 0 radical (unpaired) electrons. The first-order valence-corrected chi connectivity index (χ1v) is 8.64. The van der Waals surface area contributed by atoms with Gasteiger partial charge in [0.25, 0.3) is 0 Å². The molecule has 2 N–H and O–H groups in total.